The van der Waals surface area contributed by atoms with Crippen molar-refractivity contribution in [2.24, 2.45) is 0 Å². The highest BCUT2D eigenvalue weighted by Gasteiger charge is 2.08. The van der Waals surface area contributed by atoms with Crippen LogP contribution in [-0.4, -0.2) is 17.8 Å². The lowest BCUT2D eigenvalue weighted by molar-refractivity contribution is 0.445. The summed E-state index contributed by atoms with van der Waals surface area (Å²) in [5.41, 5.74) is 2.71. The third-order valence-electron chi connectivity index (χ3n) is 2.33. The Morgan fingerprint density at radius 2 is 1.82 bits per heavy atom. The molecule has 0 heterocycles. The Kier molecular flexibility index (Phi) is 5.29. The smallest absolute Gasteiger partial charge is 0.0200 e. The van der Waals surface area contributed by atoms with Gasteiger partial charge >= 0.3 is 0 Å². The molecule has 0 spiro atoms. The van der Waals surface area contributed by atoms with Gasteiger partial charge in [0.1, 0.15) is 0 Å². The van der Waals surface area contributed by atoms with Crippen LogP contribution in [0.25, 0.3) is 0 Å². The second-order valence-corrected chi connectivity index (χ2v) is 6.50. The van der Waals surface area contributed by atoms with Crippen molar-refractivity contribution in [2.75, 3.05) is 12.3 Å². The zero-order valence-corrected chi connectivity index (χ0v) is 12.2. The molecule has 2 heteroatoms. The van der Waals surface area contributed by atoms with E-state index in [1.54, 1.807) is 0 Å². The fraction of sp³-hybridized carbons (Fsp3) is 0.467. The first-order chi connectivity index (χ1) is 7.87. The standard InChI is InChI=1S/C15H23NS/c1-12-6-8-14(9-7-12)17-11-13(2)10-16-15(3,4)5/h6-9,16H,2,10-11H2,1,3-5H3. The van der Waals surface area contributed by atoms with E-state index in [1.807, 2.05) is 11.8 Å². The van der Waals surface area contributed by atoms with Crippen LogP contribution in [-0.2, 0) is 0 Å². The van der Waals surface area contributed by atoms with Crippen LogP contribution < -0.4 is 5.32 Å². The molecular formula is C15H23NS. The molecule has 0 aliphatic carbocycles. The highest BCUT2D eigenvalue weighted by molar-refractivity contribution is 7.99. The lowest BCUT2D eigenvalue weighted by atomic mass is 10.1. The van der Waals surface area contributed by atoms with Crippen LogP contribution in [0, 0.1) is 6.92 Å². The van der Waals surface area contributed by atoms with E-state index in [-0.39, 0.29) is 5.54 Å². The summed E-state index contributed by atoms with van der Waals surface area (Å²) in [5, 5.41) is 3.45. The SMILES string of the molecule is C=C(CNC(C)(C)C)CSc1ccc(C)cc1. The molecule has 1 nitrogen and oxygen atoms in total. The maximum absolute atomic E-state index is 4.11. The minimum atomic E-state index is 0.164. The topological polar surface area (TPSA) is 12.0 Å². The van der Waals surface area contributed by atoms with E-state index in [4.69, 9.17) is 0 Å². The van der Waals surface area contributed by atoms with Gasteiger partial charge in [0, 0.05) is 22.7 Å². The predicted octanol–water partition coefficient (Wildman–Crippen LogP) is 4.03. The van der Waals surface area contributed by atoms with Gasteiger partial charge in [0.25, 0.3) is 0 Å². The zero-order valence-electron chi connectivity index (χ0n) is 11.3. The van der Waals surface area contributed by atoms with E-state index >= 15 is 0 Å². The van der Waals surface area contributed by atoms with Gasteiger partial charge in [0.05, 0.1) is 0 Å². The van der Waals surface area contributed by atoms with Gasteiger partial charge in [0.15, 0.2) is 0 Å². The Morgan fingerprint density at radius 1 is 1.24 bits per heavy atom. The van der Waals surface area contributed by atoms with Crippen molar-refractivity contribution in [3.05, 3.63) is 42.0 Å². The molecular weight excluding hydrogens is 226 g/mol. The molecule has 0 atom stereocenters. The summed E-state index contributed by atoms with van der Waals surface area (Å²) in [6.07, 6.45) is 0. The molecule has 0 unspecified atom stereocenters. The van der Waals surface area contributed by atoms with Gasteiger partial charge in [-0.3, -0.25) is 0 Å². The van der Waals surface area contributed by atoms with E-state index < -0.39 is 0 Å². The van der Waals surface area contributed by atoms with Crippen molar-refractivity contribution in [3.8, 4) is 0 Å². The molecule has 0 saturated carbocycles. The molecule has 0 aliphatic rings. The molecule has 1 rings (SSSR count). The molecule has 1 aromatic rings. The summed E-state index contributed by atoms with van der Waals surface area (Å²) in [6, 6.07) is 8.64. The van der Waals surface area contributed by atoms with Crippen LogP contribution >= 0.6 is 11.8 Å². The average Bonchev–Trinajstić information content (AvgIpc) is 2.25. The van der Waals surface area contributed by atoms with E-state index in [0.717, 1.165) is 12.3 Å². The van der Waals surface area contributed by atoms with Gasteiger partial charge in [-0.15, -0.1) is 11.8 Å². The first-order valence-corrected chi connectivity index (χ1v) is 6.96. The van der Waals surface area contributed by atoms with Gasteiger partial charge in [-0.25, -0.2) is 0 Å². The number of rotatable bonds is 5. The normalized spacial score (nSPS) is 11.5. The molecule has 0 radical (unpaired) electrons. The van der Waals surface area contributed by atoms with Gasteiger partial charge in [-0.05, 0) is 39.8 Å². The molecule has 0 aromatic heterocycles. The van der Waals surface area contributed by atoms with Crippen LogP contribution in [0.4, 0.5) is 0 Å². The van der Waals surface area contributed by atoms with Crippen LogP contribution in [0.3, 0.4) is 0 Å². The van der Waals surface area contributed by atoms with Crippen molar-refractivity contribution >= 4 is 11.8 Å². The Balaban J connectivity index is 2.31. The average molecular weight is 249 g/mol. The molecule has 94 valence electrons. The molecule has 0 aliphatic heterocycles. The van der Waals surface area contributed by atoms with Crippen LogP contribution in [0.1, 0.15) is 26.3 Å². The largest absolute Gasteiger partial charge is 0.308 e. The van der Waals surface area contributed by atoms with Crippen molar-refractivity contribution in [1.82, 2.24) is 5.32 Å². The van der Waals surface area contributed by atoms with Crippen molar-refractivity contribution in [1.29, 1.82) is 0 Å². The van der Waals surface area contributed by atoms with Crippen molar-refractivity contribution < 1.29 is 0 Å². The molecule has 1 N–H and O–H groups in total. The zero-order chi connectivity index (χ0) is 12.9. The number of hydrogen-bond acceptors (Lipinski definition) is 2. The quantitative estimate of drug-likeness (QED) is 0.624. The van der Waals surface area contributed by atoms with E-state index in [9.17, 15) is 0 Å². The van der Waals surface area contributed by atoms with Crippen LogP contribution in [0.2, 0.25) is 0 Å². The summed E-state index contributed by atoms with van der Waals surface area (Å²) >= 11 is 1.85. The first-order valence-electron chi connectivity index (χ1n) is 5.98. The molecule has 0 saturated heterocycles. The molecule has 0 fully saturated rings. The maximum atomic E-state index is 4.11. The van der Waals surface area contributed by atoms with Gasteiger partial charge < -0.3 is 5.32 Å². The Morgan fingerprint density at radius 3 is 2.35 bits per heavy atom. The minimum absolute atomic E-state index is 0.164. The van der Waals surface area contributed by atoms with E-state index in [0.29, 0.717) is 0 Å². The lowest BCUT2D eigenvalue weighted by Gasteiger charge is -2.21. The van der Waals surface area contributed by atoms with Gasteiger partial charge in [-0.1, -0.05) is 29.8 Å². The second kappa shape index (κ2) is 6.27. The summed E-state index contributed by atoms with van der Waals surface area (Å²) in [4.78, 5) is 1.31. The van der Waals surface area contributed by atoms with E-state index in [1.165, 1.54) is 16.0 Å². The van der Waals surface area contributed by atoms with Gasteiger partial charge in [-0.2, -0.15) is 0 Å². The second-order valence-electron chi connectivity index (χ2n) is 5.46. The lowest BCUT2D eigenvalue weighted by Crippen LogP contribution is -2.37. The monoisotopic (exact) mass is 249 g/mol. The van der Waals surface area contributed by atoms with Crippen molar-refractivity contribution in [3.63, 3.8) is 0 Å². The summed E-state index contributed by atoms with van der Waals surface area (Å²) < 4.78 is 0. The molecule has 17 heavy (non-hydrogen) atoms. The Hall–Kier alpha value is -0.730. The van der Waals surface area contributed by atoms with Crippen molar-refractivity contribution in [2.45, 2.75) is 38.1 Å². The number of benzene rings is 1. The molecule has 0 bridgehead atoms. The fourth-order valence-corrected chi connectivity index (χ4v) is 2.06. The third-order valence-corrected chi connectivity index (χ3v) is 3.49. The summed E-state index contributed by atoms with van der Waals surface area (Å²) in [5.74, 6) is 0.978. The number of nitrogens with one attached hydrogen (secondary N) is 1. The van der Waals surface area contributed by atoms with E-state index in [2.05, 4.69) is 63.9 Å². The summed E-state index contributed by atoms with van der Waals surface area (Å²) in [6.45, 7) is 13.6. The Labute approximate surface area is 110 Å². The molecule has 1 aromatic carbocycles. The summed E-state index contributed by atoms with van der Waals surface area (Å²) in [7, 11) is 0. The predicted molar refractivity (Wildman–Crippen MR) is 78.8 cm³/mol. The third kappa shape index (κ3) is 6.54. The highest BCUT2D eigenvalue weighted by atomic mass is 32.2. The highest BCUT2D eigenvalue weighted by Crippen LogP contribution is 2.20. The number of hydrogen-bond donors (Lipinski definition) is 1. The fourth-order valence-electron chi connectivity index (χ4n) is 1.26. The first kappa shape index (κ1) is 14.3. The van der Waals surface area contributed by atoms with Crippen LogP contribution in [0.5, 0.6) is 0 Å². The number of thioether (sulfide) groups is 1. The minimum Gasteiger partial charge on any atom is -0.308 e. The Bertz CT molecular complexity index is 360. The molecule has 0 amide bonds. The van der Waals surface area contributed by atoms with Gasteiger partial charge in [0.2, 0.25) is 0 Å². The maximum Gasteiger partial charge on any atom is 0.0200 e. The van der Waals surface area contributed by atoms with Crippen LogP contribution in [0.15, 0.2) is 41.3 Å². The number of aryl methyl sites for hydroxylation is 1.